The molecule has 10 heteroatoms. The summed E-state index contributed by atoms with van der Waals surface area (Å²) in [6.45, 7) is 3.82. The van der Waals surface area contributed by atoms with Crippen LogP contribution in [0.5, 0.6) is 0 Å². The molecule has 1 heterocycles. The quantitative estimate of drug-likeness (QED) is 0.469. The third-order valence-electron chi connectivity index (χ3n) is 5.48. The van der Waals surface area contributed by atoms with Gasteiger partial charge in [0.15, 0.2) is 0 Å². The van der Waals surface area contributed by atoms with Crippen LogP contribution >= 0.6 is 11.3 Å². The van der Waals surface area contributed by atoms with Crippen molar-refractivity contribution in [2.45, 2.75) is 39.5 Å². The van der Waals surface area contributed by atoms with Gasteiger partial charge in [-0.1, -0.05) is 6.92 Å². The lowest BCUT2D eigenvalue weighted by molar-refractivity contribution is -0.120. The van der Waals surface area contributed by atoms with Gasteiger partial charge < -0.3 is 20.7 Å². The molecule has 1 aromatic carbocycles. The molecular weight excluding hydrogens is 456 g/mol. The highest BCUT2D eigenvalue weighted by Crippen LogP contribution is 2.38. The molecule has 182 valence electrons. The Morgan fingerprint density at radius 3 is 2.12 bits per heavy atom. The maximum Gasteiger partial charge on any atom is 0.341 e. The van der Waals surface area contributed by atoms with Crippen molar-refractivity contribution < 1.29 is 23.9 Å². The molecule has 34 heavy (non-hydrogen) atoms. The van der Waals surface area contributed by atoms with Gasteiger partial charge in [0.05, 0.1) is 25.8 Å². The van der Waals surface area contributed by atoms with E-state index in [0.717, 1.165) is 36.1 Å². The standard InChI is InChI=1S/C24H30N4O5S/c1-4-28(13-20(30)26-17-11-9-16(10-12-17)25-15(2)29)14-21(31)27-23-22(24(32)33-3)18-7-5-6-8-19(18)34-23/h9-12H,4-8,13-14H2,1-3H3,(H,25,29)(H,26,30)(H,27,31). The summed E-state index contributed by atoms with van der Waals surface area (Å²) in [5.41, 5.74) is 2.67. The lowest BCUT2D eigenvalue weighted by Gasteiger charge is -2.19. The number of anilines is 3. The van der Waals surface area contributed by atoms with Crippen molar-refractivity contribution in [3.63, 3.8) is 0 Å². The largest absolute Gasteiger partial charge is 0.465 e. The second-order valence-corrected chi connectivity index (χ2v) is 9.17. The number of ether oxygens (including phenoxy) is 1. The lowest BCUT2D eigenvalue weighted by atomic mass is 9.95. The van der Waals surface area contributed by atoms with E-state index in [1.165, 1.54) is 25.4 Å². The molecule has 1 aliphatic carbocycles. The van der Waals surface area contributed by atoms with E-state index in [0.29, 0.717) is 28.5 Å². The van der Waals surface area contributed by atoms with Gasteiger partial charge in [-0.05, 0) is 62.1 Å². The number of esters is 1. The van der Waals surface area contributed by atoms with Crippen molar-refractivity contribution >= 4 is 51.4 Å². The highest BCUT2D eigenvalue weighted by atomic mass is 32.1. The molecular formula is C24H30N4O5S. The molecule has 0 aliphatic heterocycles. The number of carbonyl (C=O) groups is 4. The molecule has 3 N–H and O–H groups in total. The van der Waals surface area contributed by atoms with Crippen molar-refractivity contribution in [3.05, 3.63) is 40.3 Å². The highest BCUT2D eigenvalue weighted by molar-refractivity contribution is 7.17. The number of methoxy groups -OCH3 is 1. The van der Waals surface area contributed by atoms with Gasteiger partial charge in [0.2, 0.25) is 17.7 Å². The molecule has 0 fully saturated rings. The van der Waals surface area contributed by atoms with Gasteiger partial charge in [-0.15, -0.1) is 11.3 Å². The number of rotatable bonds is 9. The molecule has 0 atom stereocenters. The van der Waals surface area contributed by atoms with Gasteiger partial charge in [0.1, 0.15) is 5.00 Å². The fourth-order valence-corrected chi connectivity index (χ4v) is 5.16. The van der Waals surface area contributed by atoms with E-state index in [9.17, 15) is 19.2 Å². The van der Waals surface area contributed by atoms with E-state index >= 15 is 0 Å². The van der Waals surface area contributed by atoms with Crippen LogP contribution in [-0.2, 0) is 32.0 Å². The van der Waals surface area contributed by atoms with Crippen LogP contribution < -0.4 is 16.0 Å². The first-order valence-corrected chi connectivity index (χ1v) is 12.0. The Morgan fingerprint density at radius 1 is 0.941 bits per heavy atom. The molecule has 1 aliphatic rings. The number of aryl methyl sites for hydroxylation is 1. The topological polar surface area (TPSA) is 117 Å². The second kappa shape index (κ2) is 11.8. The molecule has 0 radical (unpaired) electrons. The van der Waals surface area contributed by atoms with E-state index in [1.54, 1.807) is 29.2 Å². The normalized spacial score (nSPS) is 12.6. The Bertz CT molecular complexity index is 1060. The van der Waals surface area contributed by atoms with Crippen molar-refractivity contribution in [1.29, 1.82) is 0 Å². The summed E-state index contributed by atoms with van der Waals surface area (Å²) in [5, 5.41) is 8.84. The number of amides is 3. The van der Waals surface area contributed by atoms with Gasteiger partial charge in [0, 0.05) is 23.2 Å². The van der Waals surface area contributed by atoms with Crippen LogP contribution in [0.1, 0.15) is 47.5 Å². The zero-order chi connectivity index (χ0) is 24.7. The Labute approximate surface area is 202 Å². The second-order valence-electron chi connectivity index (χ2n) is 8.06. The smallest absolute Gasteiger partial charge is 0.341 e. The number of hydrogen-bond acceptors (Lipinski definition) is 7. The first-order valence-electron chi connectivity index (χ1n) is 11.2. The molecule has 1 aromatic heterocycles. The van der Waals surface area contributed by atoms with E-state index in [-0.39, 0.29) is 30.8 Å². The average Bonchev–Trinajstić information content (AvgIpc) is 3.16. The van der Waals surface area contributed by atoms with Crippen LogP contribution in [0.25, 0.3) is 0 Å². The lowest BCUT2D eigenvalue weighted by Crippen LogP contribution is -2.38. The number of thiophene rings is 1. The maximum absolute atomic E-state index is 12.8. The Balaban J connectivity index is 1.58. The van der Waals surface area contributed by atoms with E-state index < -0.39 is 5.97 Å². The van der Waals surface area contributed by atoms with Crippen molar-refractivity contribution in [1.82, 2.24) is 4.90 Å². The Morgan fingerprint density at radius 2 is 1.53 bits per heavy atom. The van der Waals surface area contributed by atoms with E-state index in [4.69, 9.17) is 4.74 Å². The molecule has 9 nitrogen and oxygen atoms in total. The van der Waals surface area contributed by atoms with Crippen LogP contribution in [0.3, 0.4) is 0 Å². The summed E-state index contributed by atoms with van der Waals surface area (Å²) >= 11 is 1.43. The Hall–Kier alpha value is -3.24. The predicted octanol–water partition coefficient (Wildman–Crippen LogP) is 3.27. The molecule has 0 spiro atoms. The van der Waals surface area contributed by atoms with Crippen LogP contribution in [-0.4, -0.2) is 55.3 Å². The van der Waals surface area contributed by atoms with Gasteiger partial charge in [-0.25, -0.2) is 4.79 Å². The predicted molar refractivity (Wildman–Crippen MR) is 132 cm³/mol. The van der Waals surface area contributed by atoms with Gasteiger partial charge in [-0.2, -0.15) is 0 Å². The zero-order valence-electron chi connectivity index (χ0n) is 19.7. The minimum absolute atomic E-state index is 0.00850. The van der Waals surface area contributed by atoms with Crippen molar-refractivity contribution in [2.24, 2.45) is 0 Å². The first kappa shape index (κ1) is 25.4. The maximum atomic E-state index is 12.8. The minimum atomic E-state index is -0.439. The average molecular weight is 487 g/mol. The monoisotopic (exact) mass is 486 g/mol. The molecule has 3 amide bonds. The summed E-state index contributed by atoms with van der Waals surface area (Å²) < 4.78 is 4.95. The van der Waals surface area contributed by atoms with Crippen LogP contribution in [0.2, 0.25) is 0 Å². The fraction of sp³-hybridized carbons (Fsp3) is 0.417. The van der Waals surface area contributed by atoms with Gasteiger partial charge >= 0.3 is 5.97 Å². The van der Waals surface area contributed by atoms with Crippen LogP contribution in [0.4, 0.5) is 16.4 Å². The summed E-state index contributed by atoms with van der Waals surface area (Å²) in [6.07, 6.45) is 3.78. The van der Waals surface area contributed by atoms with Crippen LogP contribution in [0.15, 0.2) is 24.3 Å². The number of likely N-dealkylation sites (N-methyl/N-ethyl adjacent to an activating group) is 1. The third kappa shape index (κ3) is 6.64. The fourth-order valence-electron chi connectivity index (χ4n) is 3.86. The summed E-state index contributed by atoms with van der Waals surface area (Å²) in [6, 6.07) is 6.78. The number of carbonyl (C=O) groups excluding carboxylic acids is 4. The van der Waals surface area contributed by atoms with Crippen molar-refractivity contribution in [2.75, 3.05) is 42.7 Å². The van der Waals surface area contributed by atoms with Gasteiger partial charge in [0.25, 0.3) is 0 Å². The number of nitrogens with zero attached hydrogens (tertiary/aromatic N) is 1. The SMILES string of the molecule is CCN(CC(=O)Nc1ccc(NC(C)=O)cc1)CC(=O)Nc1sc2c(c1C(=O)OC)CCCC2. The van der Waals surface area contributed by atoms with Crippen LogP contribution in [0, 0.1) is 0 Å². The Kier molecular flexibility index (Phi) is 8.78. The summed E-state index contributed by atoms with van der Waals surface area (Å²) in [7, 11) is 1.34. The summed E-state index contributed by atoms with van der Waals surface area (Å²) in [5.74, 6) is -1.16. The molecule has 2 aromatic rings. The number of nitrogens with one attached hydrogen (secondary N) is 3. The highest BCUT2D eigenvalue weighted by Gasteiger charge is 2.27. The molecule has 0 saturated carbocycles. The van der Waals surface area contributed by atoms with Gasteiger partial charge in [-0.3, -0.25) is 19.3 Å². The summed E-state index contributed by atoms with van der Waals surface area (Å²) in [4.78, 5) is 51.6. The molecule has 0 unspecified atom stereocenters. The third-order valence-corrected chi connectivity index (χ3v) is 6.69. The van der Waals surface area contributed by atoms with Crippen molar-refractivity contribution in [3.8, 4) is 0 Å². The molecule has 0 saturated heterocycles. The number of hydrogen-bond donors (Lipinski definition) is 3. The van der Waals surface area contributed by atoms with E-state index in [1.807, 2.05) is 6.92 Å². The first-order chi connectivity index (χ1) is 16.3. The number of benzene rings is 1. The molecule has 3 rings (SSSR count). The number of fused-ring (bicyclic) bond motifs is 1. The van der Waals surface area contributed by atoms with E-state index in [2.05, 4.69) is 16.0 Å². The minimum Gasteiger partial charge on any atom is -0.465 e. The zero-order valence-corrected chi connectivity index (χ0v) is 20.5. The molecule has 0 bridgehead atoms.